The molecule has 1 aromatic rings. The molecule has 0 bridgehead atoms. The smallest absolute Gasteiger partial charge is 0.326 e. The van der Waals surface area contributed by atoms with Gasteiger partial charge in [-0.05, 0) is 12.8 Å². The van der Waals surface area contributed by atoms with Gasteiger partial charge in [-0.2, -0.15) is 0 Å². The fraction of sp³-hybridized carbons (Fsp3) is 0.462. The van der Waals surface area contributed by atoms with Gasteiger partial charge in [0.05, 0.1) is 7.11 Å². The lowest BCUT2D eigenvalue weighted by atomic mass is 10.3. The monoisotopic (exact) mass is 271 g/mol. The van der Waals surface area contributed by atoms with Gasteiger partial charge in [-0.15, -0.1) is 0 Å². The summed E-state index contributed by atoms with van der Waals surface area (Å²) in [5.74, 6) is -1.85. The minimum Gasteiger partial charge on any atom is -0.491 e. The van der Waals surface area contributed by atoms with E-state index in [0.29, 0.717) is 0 Å². The van der Waals surface area contributed by atoms with Crippen molar-refractivity contribution in [2.24, 2.45) is 0 Å². The molecule has 1 N–H and O–H groups in total. The lowest BCUT2D eigenvalue weighted by Gasteiger charge is -2.16. The van der Waals surface area contributed by atoms with Crippen molar-refractivity contribution in [2.75, 3.05) is 13.7 Å². The van der Waals surface area contributed by atoms with Crippen LogP contribution in [0.3, 0.4) is 0 Å². The van der Waals surface area contributed by atoms with Crippen molar-refractivity contribution in [3.63, 3.8) is 0 Å². The number of esters is 1. The highest BCUT2D eigenvalue weighted by molar-refractivity contribution is 5.75. The number of methoxy groups -OCH3 is 1. The van der Waals surface area contributed by atoms with Gasteiger partial charge in [-0.25, -0.2) is 8.78 Å². The van der Waals surface area contributed by atoms with E-state index in [2.05, 4.69) is 10.1 Å². The second kappa shape index (κ2) is 5.97. The Bertz CT molecular complexity index is 443. The average molecular weight is 271 g/mol. The Balaban J connectivity index is 1.94. The number of nitrogens with one attached hydrogen (secondary N) is 1. The Hall–Kier alpha value is -1.69. The highest BCUT2D eigenvalue weighted by Crippen LogP contribution is 2.20. The van der Waals surface area contributed by atoms with E-state index >= 15 is 0 Å². The number of carbonyl (C=O) groups excluding carboxylic acids is 1. The Morgan fingerprint density at radius 1 is 1.37 bits per heavy atom. The van der Waals surface area contributed by atoms with E-state index in [1.54, 1.807) is 0 Å². The molecule has 1 fully saturated rings. The average Bonchev–Trinajstić information content (AvgIpc) is 3.16. The molecule has 0 aromatic heterocycles. The summed E-state index contributed by atoms with van der Waals surface area (Å²) in [6, 6.07) is 2.54. The minimum atomic E-state index is -0.722. The molecule has 1 aliphatic rings. The number of halogens is 2. The Morgan fingerprint density at radius 3 is 2.53 bits per heavy atom. The van der Waals surface area contributed by atoms with Crippen molar-refractivity contribution in [3.05, 3.63) is 29.8 Å². The zero-order chi connectivity index (χ0) is 13.8. The van der Waals surface area contributed by atoms with Crippen LogP contribution in [0.2, 0.25) is 0 Å². The highest BCUT2D eigenvalue weighted by atomic mass is 19.1. The van der Waals surface area contributed by atoms with Crippen molar-refractivity contribution in [1.29, 1.82) is 0 Å². The number of hydrogen-bond acceptors (Lipinski definition) is 4. The molecule has 0 spiro atoms. The van der Waals surface area contributed by atoms with Gasteiger partial charge in [-0.3, -0.25) is 10.1 Å². The van der Waals surface area contributed by atoms with E-state index in [-0.39, 0.29) is 18.4 Å². The summed E-state index contributed by atoms with van der Waals surface area (Å²) in [7, 11) is 1.28. The predicted molar refractivity (Wildman–Crippen MR) is 63.8 cm³/mol. The van der Waals surface area contributed by atoms with Crippen molar-refractivity contribution >= 4 is 5.97 Å². The molecule has 0 aliphatic heterocycles. The van der Waals surface area contributed by atoms with E-state index in [9.17, 15) is 13.6 Å². The molecule has 0 amide bonds. The van der Waals surface area contributed by atoms with Gasteiger partial charge in [0, 0.05) is 24.2 Å². The number of carbonyl (C=O) groups is 1. The standard InChI is InChI=1S/C13H15F2NO3/c1-18-13(17)12(16-10-2-3-10)7-19-11-5-8(14)4-9(15)6-11/h4-6,10,12,16H,2-3,7H2,1H3. The molecule has 1 saturated carbocycles. The van der Waals surface area contributed by atoms with Gasteiger partial charge in [-0.1, -0.05) is 0 Å². The summed E-state index contributed by atoms with van der Waals surface area (Å²) in [5, 5.41) is 3.05. The van der Waals surface area contributed by atoms with Crippen molar-refractivity contribution in [1.82, 2.24) is 5.32 Å². The van der Waals surface area contributed by atoms with Gasteiger partial charge in [0.25, 0.3) is 0 Å². The first-order valence-corrected chi connectivity index (χ1v) is 6.01. The molecule has 6 heteroatoms. The number of hydrogen-bond donors (Lipinski definition) is 1. The minimum absolute atomic E-state index is 0.0356. The zero-order valence-corrected chi connectivity index (χ0v) is 10.5. The molecule has 0 heterocycles. The van der Waals surface area contributed by atoms with Gasteiger partial charge in [0.2, 0.25) is 0 Å². The number of rotatable bonds is 6. The second-order valence-corrected chi connectivity index (χ2v) is 4.43. The summed E-state index contributed by atoms with van der Waals surface area (Å²) in [5.41, 5.74) is 0. The largest absolute Gasteiger partial charge is 0.491 e. The van der Waals surface area contributed by atoms with Gasteiger partial charge < -0.3 is 9.47 Å². The Morgan fingerprint density at radius 2 is 2.00 bits per heavy atom. The highest BCUT2D eigenvalue weighted by Gasteiger charge is 2.29. The molecular weight excluding hydrogens is 256 g/mol. The van der Waals surface area contributed by atoms with Crippen molar-refractivity contribution in [3.8, 4) is 5.75 Å². The van der Waals surface area contributed by atoms with Crippen LogP contribution < -0.4 is 10.1 Å². The van der Waals surface area contributed by atoms with Crippen LogP contribution in [0.4, 0.5) is 8.78 Å². The summed E-state index contributed by atoms with van der Waals surface area (Å²) in [6.45, 7) is -0.0356. The Kier molecular flexibility index (Phi) is 4.31. The third-order valence-electron chi connectivity index (χ3n) is 2.75. The first-order chi connectivity index (χ1) is 9.08. The molecule has 1 unspecified atom stereocenters. The fourth-order valence-electron chi connectivity index (χ4n) is 1.65. The fourth-order valence-corrected chi connectivity index (χ4v) is 1.65. The van der Waals surface area contributed by atoms with E-state index in [4.69, 9.17) is 4.74 Å². The van der Waals surface area contributed by atoms with Crippen LogP contribution in [0.15, 0.2) is 18.2 Å². The van der Waals surface area contributed by atoms with E-state index in [1.807, 2.05) is 0 Å². The first-order valence-electron chi connectivity index (χ1n) is 6.01. The molecule has 19 heavy (non-hydrogen) atoms. The zero-order valence-electron chi connectivity index (χ0n) is 10.5. The quantitative estimate of drug-likeness (QED) is 0.799. The van der Waals surface area contributed by atoms with Crippen molar-refractivity contribution < 1.29 is 23.0 Å². The van der Waals surface area contributed by atoms with Crippen LogP contribution in [0.25, 0.3) is 0 Å². The van der Waals surface area contributed by atoms with Crippen LogP contribution in [0, 0.1) is 11.6 Å². The van der Waals surface area contributed by atoms with Gasteiger partial charge in [0.1, 0.15) is 30.0 Å². The van der Waals surface area contributed by atoms with Crippen LogP contribution >= 0.6 is 0 Å². The lowest BCUT2D eigenvalue weighted by Crippen LogP contribution is -2.43. The Labute approximate surface area is 109 Å². The van der Waals surface area contributed by atoms with Crippen LogP contribution in [0.1, 0.15) is 12.8 Å². The maximum atomic E-state index is 13.0. The first kappa shape index (κ1) is 13.7. The third-order valence-corrected chi connectivity index (χ3v) is 2.75. The van der Waals surface area contributed by atoms with Crippen LogP contribution in [-0.4, -0.2) is 31.8 Å². The normalized spacial score (nSPS) is 15.9. The molecule has 0 saturated heterocycles. The second-order valence-electron chi connectivity index (χ2n) is 4.43. The molecule has 2 rings (SSSR count). The molecule has 1 aliphatic carbocycles. The number of ether oxygens (including phenoxy) is 2. The molecule has 4 nitrogen and oxygen atoms in total. The summed E-state index contributed by atoms with van der Waals surface area (Å²) in [6.07, 6.45) is 2.00. The van der Waals surface area contributed by atoms with Crippen LogP contribution in [0.5, 0.6) is 5.75 Å². The van der Waals surface area contributed by atoms with E-state index < -0.39 is 23.6 Å². The molecule has 1 aromatic carbocycles. The summed E-state index contributed by atoms with van der Waals surface area (Å²) in [4.78, 5) is 11.5. The SMILES string of the molecule is COC(=O)C(COc1cc(F)cc(F)c1)NC1CC1. The lowest BCUT2D eigenvalue weighted by molar-refractivity contribution is -0.144. The molecule has 104 valence electrons. The van der Waals surface area contributed by atoms with E-state index in [0.717, 1.165) is 31.0 Å². The molecule has 0 radical (unpaired) electrons. The number of benzene rings is 1. The maximum Gasteiger partial charge on any atom is 0.326 e. The van der Waals surface area contributed by atoms with Crippen LogP contribution in [-0.2, 0) is 9.53 Å². The third kappa shape index (κ3) is 4.17. The maximum absolute atomic E-state index is 13.0. The van der Waals surface area contributed by atoms with Gasteiger partial charge in [0.15, 0.2) is 0 Å². The van der Waals surface area contributed by atoms with E-state index in [1.165, 1.54) is 7.11 Å². The molecular formula is C13H15F2NO3. The van der Waals surface area contributed by atoms with Crippen molar-refractivity contribution in [2.45, 2.75) is 24.9 Å². The predicted octanol–water partition coefficient (Wildman–Crippen LogP) is 1.64. The summed E-state index contributed by atoms with van der Waals surface area (Å²) < 4.78 is 35.8. The summed E-state index contributed by atoms with van der Waals surface area (Å²) >= 11 is 0. The molecule has 1 atom stereocenters. The van der Waals surface area contributed by atoms with Gasteiger partial charge >= 0.3 is 5.97 Å². The topological polar surface area (TPSA) is 47.6 Å².